The molecular formula is C15H32N2O. The van der Waals surface area contributed by atoms with Crippen molar-refractivity contribution in [1.29, 1.82) is 0 Å². The lowest BCUT2D eigenvalue weighted by Gasteiger charge is -2.30. The molecule has 0 spiro atoms. The van der Waals surface area contributed by atoms with Gasteiger partial charge in [-0.05, 0) is 32.9 Å². The summed E-state index contributed by atoms with van der Waals surface area (Å²) in [7, 11) is 0. The van der Waals surface area contributed by atoms with Crippen LogP contribution in [0.1, 0.15) is 59.3 Å². The third-order valence-electron chi connectivity index (χ3n) is 4.24. The number of rotatable bonds is 7. The van der Waals surface area contributed by atoms with Gasteiger partial charge in [-0.2, -0.15) is 0 Å². The third-order valence-corrected chi connectivity index (χ3v) is 4.24. The van der Waals surface area contributed by atoms with Gasteiger partial charge in [0.25, 0.3) is 0 Å². The van der Waals surface area contributed by atoms with Crippen LogP contribution in [0.5, 0.6) is 0 Å². The van der Waals surface area contributed by atoms with E-state index in [1.54, 1.807) is 0 Å². The van der Waals surface area contributed by atoms with Gasteiger partial charge in [-0.25, -0.2) is 0 Å². The van der Waals surface area contributed by atoms with Crippen molar-refractivity contribution in [3.8, 4) is 0 Å². The molecule has 1 atom stereocenters. The van der Waals surface area contributed by atoms with E-state index in [2.05, 4.69) is 31.0 Å². The van der Waals surface area contributed by atoms with E-state index in [1.807, 2.05) is 0 Å². The summed E-state index contributed by atoms with van der Waals surface area (Å²) >= 11 is 0. The van der Waals surface area contributed by atoms with E-state index >= 15 is 0 Å². The Morgan fingerprint density at radius 3 is 2.17 bits per heavy atom. The Morgan fingerprint density at radius 1 is 1.11 bits per heavy atom. The van der Waals surface area contributed by atoms with Crippen LogP contribution in [0, 0.1) is 0 Å². The summed E-state index contributed by atoms with van der Waals surface area (Å²) in [5.41, 5.74) is -0.450. The minimum Gasteiger partial charge on any atom is -0.389 e. The molecule has 0 saturated heterocycles. The lowest BCUT2D eigenvalue weighted by Crippen LogP contribution is -2.47. The van der Waals surface area contributed by atoms with Crippen molar-refractivity contribution in [2.24, 2.45) is 0 Å². The summed E-state index contributed by atoms with van der Waals surface area (Å²) in [6.45, 7) is 10.7. The molecule has 108 valence electrons. The summed E-state index contributed by atoms with van der Waals surface area (Å²) in [6, 6.07) is 0.456. The molecule has 0 bridgehead atoms. The molecule has 3 nitrogen and oxygen atoms in total. The Morgan fingerprint density at radius 2 is 1.67 bits per heavy atom. The molecule has 0 aromatic carbocycles. The zero-order valence-corrected chi connectivity index (χ0v) is 12.5. The van der Waals surface area contributed by atoms with Crippen LogP contribution < -0.4 is 5.32 Å². The van der Waals surface area contributed by atoms with E-state index < -0.39 is 5.60 Å². The molecule has 0 aliphatic heterocycles. The van der Waals surface area contributed by atoms with Crippen molar-refractivity contribution in [1.82, 2.24) is 10.2 Å². The monoisotopic (exact) mass is 256 g/mol. The summed E-state index contributed by atoms with van der Waals surface area (Å²) in [5.74, 6) is 0. The summed E-state index contributed by atoms with van der Waals surface area (Å²) in [5, 5.41) is 14.1. The Bertz CT molecular complexity index is 209. The molecule has 18 heavy (non-hydrogen) atoms. The van der Waals surface area contributed by atoms with E-state index in [4.69, 9.17) is 0 Å². The molecule has 3 heteroatoms. The van der Waals surface area contributed by atoms with Crippen LogP contribution in [-0.4, -0.2) is 47.8 Å². The first-order chi connectivity index (χ1) is 8.59. The number of hydrogen-bond acceptors (Lipinski definition) is 3. The zero-order valence-electron chi connectivity index (χ0n) is 12.5. The SMILES string of the molecule is CCN(CC)CC(C)NCC1(O)CCCCCC1. The fraction of sp³-hybridized carbons (Fsp3) is 1.00. The average Bonchev–Trinajstić information content (AvgIpc) is 2.59. The smallest absolute Gasteiger partial charge is 0.0771 e. The minimum absolute atomic E-state index is 0.450. The van der Waals surface area contributed by atoms with Gasteiger partial charge >= 0.3 is 0 Å². The van der Waals surface area contributed by atoms with E-state index in [9.17, 15) is 5.11 Å². The van der Waals surface area contributed by atoms with Gasteiger partial charge in [0.15, 0.2) is 0 Å². The quantitative estimate of drug-likeness (QED) is 0.687. The fourth-order valence-electron chi connectivity index (χ4n) is 2.86. The highest BCUT2D eigenvalue weighted by atomic mass is 16.3. The molecule has 1 rings (SSSR count). The first kappa shape index (κ1) is 15.9. The van der Waals surface area contributed by atoms with Crippen LogP contribution in [0.15, 0.2) is 0 Å². The van der Waals surface area contributed by atoms with Gasteiger partial charge in [-0.15, -0.1) is 0 Å². The lowest BCUT2D eigenvalue weighted by atomic mass is 9.94. The molecular weight excluding hydrogens is 224 g/mol. The maximum Gasteiger partial charge on any atom is 0.0771 e. The van der Waals surface area contributed by atoms with E-state index in [-0.39, 0.29) is 0 Å². The second kappa shape index (κ2) is 8.13. The van der Waals surface area contributed by atoms with Crippen molar-refractivity contribution in [3.05, 3.63) is 0 Å². The summed E-state index contributed by atoms with van der Waals surface area (Å²) in [4.78, 5) is 2.43. The van der Waals surface area contributed by atoms with Crippen LogP contribution in [0.2, 0.25) is 0 Å². The molecule has 1 aliphatic carbocycles. The van der Waals surface area contributed by atoms with Gasteiger partial charge in [0.2, 0.25) is 0 Å². The molecule has 1 unspecified atom stereocenters. The van der Waals surface area contributed by atoms with Crippen LogP contribution in [-0.2, 0) is 0 Å². The van der Waals surface area contributed by atoms with Crippen molar-refractivity contribution < 1.29 is 5.11 Å². The van der Waals surface area contributed by atoms with E-state index in [0.717, 1.165) is 39.0 Å². The van der Waals surface area contributed by atoms with Gasteiger partial charge in [0.05, 0.1) is 5.60 Å². The van der Waals surface area contributed by atoms with Gasteiger partial charge in [-0.3, -0.25) is 0 Å². The molecule has 0 heterocycles. The fourth-order valence-corrected chi connectivity index (χ4v) is 2.86. The normalized spacial score (nSPS) is 21.8. The van der Waals surface area contributed by atoms with Crippen LogP contribution in [0.4, 0.5) is 0 Å². The number of likely N-dealkylation sites (N-methyl/N-ethyl adjacent to an activating group) is 1. The highest BCUT2D eigenvalue weighted by molar-refractivity contribution is 4.84. The van der Waals surface area contributed by atoms with Gasteiger partial charge in [-0.1, -0.05) is 39.5 Å². The molecule has 0 aromatic rings. The topological polar surface area (TPSA) is 35.5 Å². The van der Waals surface area contributed by atoms with Crippen molar-refractivity contribution >= 4 is 0 Å². The van der Waals surface area contributed by atoms with Crippen LogP contribution in [0.25, 0.3) is 0 Å². The highest BCUT2D eigenvalue weighted by Crippen LogP contribution is 2.26. The predicted octanol–water partition coefficient (Wildman–Crippen LogP) is 2.39. The Labute approximate surface area is 113 Å². The number of hydrogen-bond donors (Lipinski definition) is 2. The average molecular weight is 256 g/mol. The largest absolute Gasteiger partial charge is 0.389 e. The maximum absolute atomic E-state index is 10.6. The van der Waals surface area contributed by atoms with E-state index in [1.165, 1.54) is 25.7 Å². The molecule has 1 aliphatic rings. The lowest BCUT2D eigenvalue weighted by molar-refractivity contribution is 0.0222. The third kappa shape index (κ3) is 5.68. The molecule has 2 N–H and O–H groups in total. The minimum atomic E-state index is -0.450. The number of nitrogens with one attached hydrogen (secondary N) is 1. The first-order valence-electron chi connectivity index (χ1n) is 7.77. The summed E-state index contributed by atoms with van der Waals surface area (Å²) < 4.78 is 0. The van der Waals surface area contributed by atoms with Crippen molar-refractivity contribution in [2.45, 2.75) is 70.9 Å². The van der Waals surface area contributed by atoms with Crippen molar-refractivity contribution in [3.63, 3.8) is 0 Å². The van der Waals surface area contributed by atoms with E-state index in [0.29, 0.717) is 6.04 Å². The predicted molar refractivity (Wildman–Crippen MR) is 77.9 cm³/mol. The molecule has 0 amide bonds. The first-order valence-corrected chi connectivity index (χ1v) is 7.77. The second-order valence-corrected chi connectivity index (χ2v) is 5.91. The second-order valence-electron chi connectivity index (χ2n) is 5.91. The number of nitrogens with zero attached hydrogens (tertiary/aromatic N) is 1. The van der Waals surface area contributed by atoms with Gasteiger partial charge in [0.1, 0.15) is 0 Å². The maximum atomic E-state index is 10.6. The molecule has 0 radical (unpaired) electrons. The van der Waals surface area contributed by atoms with Crippen molar-refractivity contribution in [2.75, 3.05) is 26.2 Å². The molecule has 1 saturated carbocycles. The Balaban J connectivity index is 2.29. The highest BCUT2D eigenvalue weighted by Gasteiger charge is 2.28. The van der Waals surface area contributed by atoms with Gasteiger partial charge < -0.3 is 15.3 Å². The standard InChI is InChI=1S/C15H32N2O/c1-4-17(5-2)12-14(3)16-13-15(18)10-8-6-7-9-11-15/h14,16,18H,4-13H2,1-3H3. The van der Waals surface area contributed by atoms with Crippen LogP contribution >= 0.6 is 0 Å². The van der Waals surface area contributed by atoms with Gasteiger partial charge in [0, 0.05) is 19.1 Å². The molecule has 1 fully saturated rings. The Kier molecular flexibility index (Phi) is 7.20. The van der Waals surface area contributed by atoms with Crippen LogP contribution in [0.3, 0.4) is 0 Å². The zero-order chi connectivity index (χ0) is 13.4. The Hall–Kier alpha value is -0.120. The molecule has 0 aromatic heterocycles. The number of aliphatic hydroxyl groups is 1. The summed E-state index contributed by atoms with van der Waals surface area (Å²) in [6.07, 6.45) is 6.88.